The van der Waals surface area contributed by atoms with Crippen molar-refractivity contribution in [2.45, 2.75) is 32.7 Å². The molecule has 1 aromatic rings. The summed E-state index contributed by atoms with van der Waals surface area (Å²) in [5.74, 6) is 1.51. The molecule has 1 aliphatic rings. The molecule has 1 atom stereocenters. The topological polar surface area (TPSA) is 80.0 Å². The van der Waals surface area contributed by atoms with Crippen LogP contribution < -0.4 is 11.1 Å². The predicted octanol–water partition coefficient (Wildman–Crippen LogP) is 0.658. The van der Waals surface area contributed by atoms with Gasteiger partial charge in [0.05, 0.1) is 0 Å². The highest BCUT2D eigenvalue weighted by molar-refractivity contribution is 5.30. The summed E-state index contributed by atoms with van der Waals surface area (Å²) < 4.78 is 0. The summed E-state index contributed by atoms with van der Waals surface area (Å²) in [5, 5.41) is 3.25. The first-order chi connectivity index (χ1) is 8.19. The van der Waals surface area contributed by atoms with Gasteiger partial charge in [-0.25, -0.2) is 0 Å². The van der Waals surface area contributed by atoms with Gasteiger partial charge in [-0.3, -0.25) is 4.90 Å². The summed E-state index contributed by atoms with van der Waals surface area (Å²) in [6.45, 7) is 7.18. The van der Waals surface area contributed by atoms with Crippen molar-refractivity contribution in [2.24, 2.45) is 0 Å². The van der Waals surface area contributed by atoms with Crippen molar-refractivity contribution >= 4 is 11.9 Å². The van der Waals surface area contributed by atoms with Gasteiger partial charge in [0.15, 0.2) is 0 Å². The minimum absolute atomic E-state index is 0.277. The van der Waals surface area contributed by atoms with E-state index >= 15 is 0 Å². The predicted molar refractivity (Wildman–Crippen MR) is 67.7 cm³/mol. The zero-order valence-corrected chi connectivity index (χ0v) is 10.5. The average molecular weight is 236 g/mol. The summed E-state index contributed by atoms with van der Waals surface area (Å²) >= 11 is 0. The van der Waals surface area contributed by atoms with Crippen molar-refractivity contribution in [1.82, 2.24) is 19.9 Å². The first-order valence-electron chi connectivity index (χ1n) is 6.15. The van der Waals surface area contributed by atoms with Gasteiger partial charge in [-0.15, -0.1) is 0 Å². The Labute approximate surface area is 102 Å². The molecule has 0 aliphatic carbocycles. The summed E-state index contributed by atoms with van der Waals surface area (Å²) in [4.78, 5) is 14.7. The maximum atomic E-state index is 5.58. The Morgan fingerprint density at radius 3 is 2.94 bits per heavy atom. The van der Waals surface area contributed by atoms with Crippen LogP contribution in [0.1, 0.15) is 25.6 Å². The molecule has 0 radical (unpaired) electrons. The highest BCUT2D eigenvalue weighted by Crippen LogP contribution is 2.16. The van der Waals surface area contributed by atoms with Crippen LogP contribution in [0.25, 0.3) is 0 Å². The van der Waals surface area contributed by atoms with E-state index in [1.807, 2.05) is 6.92 Å². The Balaban J connectivity index is 1.93. The number of likely N-dealkylation sites (N-methyl/N-ethyl adjacent to an activating group) is 1. The Hall–Kier alpha value is -1.43. The third kappa shape index (κ3) is 3.03. The number of likely N-dealkylation sites (tertiary alicyclic amines) is 1. The molecule has 0 amide bonds. The van der Waals surface area contributed by atoms with E-state index < -0.39 is 0 Å². The monoisotopic (exact) mass is 236 g/mol. The lowest BCUT2D eigenvalue weighted by Gasteiger charge is -2.22. The fraction of sp³-hybridized carbons (Fsp3) is 0.727. The molecule has 0 aromatic carbocycles. The second-order valence-electron chi connectivity index (χ2n) is 4.37. The van der Waals surface area contributed by atoms with Crippen LogP contribution in [-0.2, 0) is 0 Å². The molecular weight excluding hydrogens is 216 g/mol. The largest absolute Gasteiger partial charge is 0.368 e. The van der Waals surface area contributed by atoms with E-state index in [2.05, 4.69) is 32.1 Å². The van der Waals surface area contributed by atoms with Crippen molar-refractivity contribution in [1.29, 1.82) is 0 Å². The smallest absolute Gasteiger partial charge is 0.227 e. The quantitative estimate of drug-likeness (QED) is 0.799. The zero-order chi connectivity index (χ0) is 12.3. The number of anilines is 2. The van der Waals surface area contributed by atoms with Gasteiger partial charge in [-0.2, -0.15) is 15.0 Å². The summed E-state index contributed by atoms with van der Waals surface area (Å²) in [5.41, 5.74) is 5.58. The molecule has 1 aromatic heterocycles. The molecule has 1 aliphatic heterocycles. The van der Waals surface area contributed by atoms with E-state index in [4.69, 9.17) is 5.73 Å². The molecule has 0 saturated carbocycles. The van der Waals surface area contributed by atoms with Crippen LogP contribution in [0.3, 0.4) is 0 Å². The zero-order valence-electron chi connectivity index (χ0n) is 10.5. The Bertz CT molecular complexity index is 360. The molecule has 2 heterocycles. The van der Waals surface area contributed by atoms with Crippen molar-refractivity contribution in [3.8, 4) is 0 Å². The van der Waals surface area contributed by atoms with E-state index in [1.165, 1.54) is 19.4 Å². The first kappa shape index (κ1) is 12.0. The van der Waals surface area contributed by atoms with Gasteiger partial charge in [0.1, 0.15) is 5.82 Å². The van der Waals surface area contributed by atoms with E-state index in [0.717, 1.165) is 13.1 Å². The maximum absolute atomic E-state index is 5.58. The van der Waals surface area contributed by atoms with Gasteiger partial charge in [0.25, 0.3) is 0 Å². The van der Waals surface area contributed by atoms with Gasteiger partial charge in [-0.05, 0) is 32.9 Å². The lowest BCUT2D eigenvalue weighted by molar-refractivity contribution is 0.276. The van der Waals surface area contributed by atoms with Crippen LogP contribution in [-0.4, -0.2) is 45.5 Å². The molecule has 94 valence electrons. The van der Waals surface area contributed by atoms with Gasteiger partial charge >= 0.3 is 0 Å². The van der Waals surface area contributed by atoms with Crippen LogP contribution in [0.2, 0.25) is 0 Å². The number of rotatable bonds is 4. The Morgan fingerprint density at radius 2 is 2.24 bits per heavy atom. The number of hydrogen-bond acceptors (Lipinski definition) is 6. The minimum Gasteiger partial charge on any atom is -0.368 e. The number of aryl methyl sites for hydroxylation is 1. The molecule has 17 heavy (non-hydrogen) atoms. The average Bonchev–Trinajstić information content (AvgIpc) is 2.72. The minimum atomic E-state index is 0.277. The van der Waals surface area contributed by atoms with E-state index in [-0.39, 0.29) is 5.95 Å². The molecular formula is C11H20N6. The normalized spacial score (nSPS) is 20.7. The van der Waals surface area contributed by atoms with E-state index in [1.54, 1.807) is 0 Å². The summed E-state index contributed by atoms with van der Waals surface area (Å²) in [6.07, 6.45) is 2.51. The van der Waals surface area contributed by atoms with Crippen molar-refractivity contribution in [3.05, 3.63) is 5.82 Å². The third-order valence-corrected chi connectivity index (χ3v) is 3.17. The number of hydrogen-bond donors (Lipinski definition) is 2. The van der Waals surface area contributed by atoms with Crippen LogP contribution in [0, 0.1) is 6.92 Å². The molecule has 6 nitrogen and oxygen atoms in total. The molecule has 1 unspecified atom stereocenters. The second-order valence-corrected chi connectivity index (χ2v) is 4.37. The molecule has 6 heteroatoms. The van der Waals surface area contributed by atoms with Crippen molar-refractivity contribution in [2.75, 3.05) is 30.7 Å². The Kier molecular flexibility index (Phi) is 3.73. The fourth-order valence-electron chi connectivity index (χ4n) is 2.33. The van der Waals surface area contributed by atoms with Crippen LogP contribution in [0.15, 0.2) is 0 Å². The van der Waals surface area contributed by atoms with E-state index in [0.29, 0.717) is 17.8 Å². The lowest BCUT2D eigenvalue weighted by atomic mass is 10.2. The summed E-state index contributed by atoms with van der Waals surface area (Å²) in [7, 11) is 0. The molecule has 1 fully saturated rings. The van der Waals surface area contributed by atoms with Crippen LogP contribution >= 0.6 is 0 Å². The highest BCUT2D eigenvalue weighted by Gasteiger charge is 2.22. The summed E-state index contributed by atoms with van der Waals surface area (Å²) in [6, 6.07) is 0.582. The standard InChI is InChI=1S/C11H20N6/c1-3-17-6-4-5-9(17)7-13-11-15-8(2)14-10(12)16-11/h9H,3-7H2,1-2H3,(H3,12,13,14,15,16). The first-order valence-corrected chi connectivity index (χ1v) is 6.15. The fourth-order valence-corrected chi connectivity index (χ4v) is 2.33. The second kappa shape index (κ2) is 5.27. The van der Waals surface area contributed by atoms with E-state index in [9.17, 15) is 0 Å². The van der Waals surface area contributed by atoms with Crippen LogP contribution in [0.5, 0.6) is 0 Å². The number of nitrogens with one attached hydrogen (secondary N) is 1. The SMILES string of the molecule is CCN1CCCC1CNc1nc(C)nc(N)n1. The highest BCUT2D eigenvalue weighted by atomic mass is 15.2. The van der Waals surface area contributed by atoms with Crippen molar-refractivity contribution < 1.29 is 0 Å². The molecule has 2 rings (SSSR count). The van der Waals surface area contributed by atoms with Gasteiger partial charge in [-0.1, -0.05) is 6.92 Å². The van der Waals surface area contributed by atoms with Crippen LogP contribution in [0.4, 0.5) is 11.9 Å². The maximum Gasteiger partial charge on any atom is 0.227 e. The molecule has 3 N–H and O–H groups in total. The third-order valence-electron chi connectivity index (χ3n) is 3.17. The number of nitrogen functional groups attached to an aromatic ring is 1. The van der Waals surface area contributed by atoms with Gasteiger partial charge < -0.3 is 11.1 Å². The number of nitrogens with two attached hydrogens (primary N) is 1. The van der Waals surface area contributed by atoms with Crippen molar-refractivity contribution in [3.63, 3.8) is 0 Å². The number of nitrogens with zero attached hydrogens (tertiary/aromatic N) is 4. The molecule has 1 saturated heterocycles. The lowest BCUT2D eigenvalue weighted by Crippen LogP contribution is -2.35. The number of aromatic nitrogens is 3. The van der Waals surface area contributed by atoms with Gasteiger partial charge in [0.2, 0.25) is 11.9 Å². The molecule has 0 spiro atoms. The Morgan fingerprint density at radius 1 is 1.41 bits per heavy atom. The van der Waals surface area contributed by atoms with Gasteiger partial charge in [0, 0.05) is 12.6 Å². The molecule has 0 bridgehead atoms.